The molecule has 0 saturated heterocycles. The Balaban J connectivity index is 1.06. The highest BCUT2D eigenvalue weighted by Gasteiger charge is 2.22. The zero-order chi connectivity index (χ0) is 46.1. The van der Waals surface area contributed by atoms with Crippen LogP contribution in [-0.4, -0.2) is 19.5 Å². The standard InChI is InChI=1S/C65H40N4S/c1-3-17-41(18-4-1)49-25-11-13-28-52(49)64-66-63(67-65(68-64)53-29-14-12-26-50(53)42-19-5-2-6-20-42)48-31-33-58(54(38-48)47-32-34-62-57(37-47)51-27-15-16-30-61(51)70-62)69-59-39-45-23-9-7-21-43(45)35-55(59)56-36-44-22-8-10-24-46(44)40-60(56)69/h1-40H. The van der Waals surface area contributed by atoms with Crippen LogP contribution in [-0.2, 0) is 0 Å². The van der Waals surface area contributed by atoms with Crippen molar-refractivity contribution in [2.24, 2.45) is 0 Å². The van der Waals surface area contributed by atoms with Gasteiger partial charge in [0.05, 0.1) is 16.7 Å². The molecule has 3 heterocycles. The Bertz CT molecular complexity index is 4170. The van der Waals surface area contributed by atoms with Gasteiger partial charge in [0.1, 0.15) is 0 Å². The Morgan fingerprint density at radius 2 is 0.729 bits per heavy atom. The van der Waals surface area contributed by atoms with Crippen molar-refractivity contribution in [3.8, 4) is 73.2 Å². The monoisotopic (exact) mass is 908 g/mol. The molecule has 0 aliphatic rings. The van der Waals surface area contributed by atoms with E-state index in [1.165, 1.54) is 52.5 Å². The number of hydrogen-bond acceptors (Lipinski definition) is 4. The molecule has 0 spiro atoms. The lowest BCUT2D eigenvalue weighted by Gasteiger charge is -2.17. The van der Waals surface area contributed by atoms with Crippen LogP contribution >= 0.6 is 11.3 Å². The second-order valence-electron chi connectivity index (χ2n) is 17.9. The van der Waals surface area contributed by atoms with Crippen LogP contribution in [0.25, 0.3) is 137 Å². The molecule has 326 valence electrons. The van der Waals surface area contributed by atoms with Gasteiger partial charge in [0, 0.05) is 53.2 Å². The number of hydrogen-bond donors (Lipinski definition) is 0. The quantitative estimate of drug-likeness (QED) is 0.160. The van der Waals surface area contributed by atoms with Crippen LogP contribution in [0.15, 0.2) is 243 Å². The first-order chi connectivity index (χ1) is 34.7. The van der Waals surface area contributed by atoms with E-state index in [-0.39, 0.29) is 0 Å². The van der Waals surface area contributed by atoms with E-state index in [2.05, 4.69) is 247 Å². The molecule has 14 aromatic rings. The van der Waals surface area contributed by atoms with Crippen molar-refractivity contribution in [3.63, 3.8) is 0 Å². The molecule has 0 unspecified atom stereocenters. The molecule has 0 atom stereocenters. The largest absolute Gasteiger partial charge is 0.309 e. The van der Waals surface area contributed by atoms with Crippen LogP contribution < -0.4 is 0 Å². The molecule has 3 aromatic heterocycles. The Kier molecular flexibility index (Phi) is 9.36. The SMILES string of the molecule is c1ccc(-c2ccccc2-c2nc(-c3ccc(-n4c5cc6ccccc6cc5c5cc6ccccc6cc54)c(-c4ccc5sc6ccccc6c5c4)c3)nc(-c3ccccc3-c3ccccc3)n2)cc1. The van der Waals surface area contributed by atoms with Crippen molar-refractivity contribution in [1.29, 1.82) is 0 Å². The number of thiophene rings is 1. The molecule has 70 heavy (non-hydrogen) atoms. The molecular formula is C65H40N4S. The molecule has 0 N–H and O–H groups in total. The van der Waals surface area contributed by atoms with Gasteiger partial charge in [-0.05, 0) is 110 Å². The molecule has 0 bridgehead atoms. The summed E-state index contributed by atoms with van der Waals surface area (Å²) >= 11 is 1.84. The second kappa shape index (κ2) is 16.3. The number of rotatable bonds is 7. The predicted molar refractivity (Wildman–Crippen MR) is 295 cm³/mol. The van der Waals surface area contributed by atoms with Gasteiger partial charge in [0.2, 0.25) is 0 Å². The van der Waals surface area contributed by atoms with E-state index in [1.54, 1.807) is 0 Å². The summed E-state index contributed by atoms with van der Waals surface area (Å²) in [6.07, 6.45) is 0. The maximum Gasteiger partial charge on any atom is 0.164 e. The number of aromatic nitrogens is 4. The average molecular weight is 909 g/mol. The van der Waals surface area contributed by atoms with Crippen LogP contribution in [0.1, 0.15) is 0 Å². The third-order valence-electron chi connectivity index (χ3n) is 13.8. The molecule has 0 radical (unpaired) electrons. The van der Waals surface area contributed by atoms with E-state index >= 15 is 0 Å². The summed E-state index contributed by atoms with van der Waals surface area (Å²) in [5.41, 5.74) is 12.6. The third-order valence-corrected chi connectivity index (χ3v) is 15.0. The van der Waals surface area contributed by atoms with Crippen molar-refractivity contribution >= 4 is 74.9 Å². The summed E-state index contributed by atoms with van der Waals surface area (Å²) in [6.45, 7) is 0. The van der Waals surface area contributed by atoms with Gasteiger partial charge in [-0.1, -0.05) is 182 Å². The highest BCUT2D eigenvalue weighted by atomic mass is 32.1. The minimum atomic E-state index is 0.597. The van der Waals surface area contributed by atoms with E-state index in [9.17, 15) is 0 Å². The fourth-order valence-electron chi connectivity index (χ4n) is 10.5. The van der Waals surface area contributed by atoms with Crippen molar-refractivity contribution in [2.75, 3.05) is 0 Å². The zero-order valence-corrected chi connectivity index (χ0v) is 38.6. The first-order valence-electron chi connectivity index (χ1n) is 23.7. The summed E-state index contributed by atoms with van der Waals surface area (Å²) in [6, 6.07) is 87.2. The molecule has 14 rings (SSSR count). The first kappa shape index (κ1) is 40.1. The van der Waals surface area contributed by atoms with Crippen LogP contribution in [0, 0.1) is 0 Å². The minimum Gasteiger partial charge on any atom is -0.309 e. The maximum absolute atomic E-state index is 5.44. The van der Waals surface area contributed by atoms with Crippen molar-refractivity contribution in [3.05, 3.63) is 243 Å². The van der Waals surface area contributed by atoms with Gasteiger partial charge in [0.25, 0.3) is 0 Å². The third kappa shape index (κ3) is 6.70. The predicted octanol–water partition coefficient (Wildman–Crippen LogP) is 17.6. The van der Waals surface area contributed by atoms with Crippen molar-refractivity contribution < 1.29 is 0 Å². The lowest BCUT2D eigenvalue weighted by atomic mass is 9.97. The Hall–Kier alpha value is -9.03. The summed E-state index contributed by atoms with van der Waals surface area (Å²) in [5, 5.41) is 9.78. The lowest BCUT2D eigenvalue weighted by molar-refractivity contribution is 1.07. The van der Waals surface area contributed by atoms with E-state index in [1.807, 2.05) is 11.3 Å². The molecule has 0 amide bonds. The summed E-state index contributed by atoms with van der Waals surface area (Å²) in [7, 11) is 0. The van der Waals surface area contributed by atoms with Gasteiger partial charge < -0.3 is 4.57 Å². The van der Waals surface area contributed by atoms with E-state index in [0.717, 1.165) is 66.8 Å². The fraction of sp³-hybridized carbons (Fsp3) is 0. The average Bonchev–Trinajstić information content (AvgIpc) is 3.96. The molecule has 0 fully saturated rings. The second-order valence-corrected chi connectivity index (χ2v) is 19.0. The number of benzene rings is 11. The molecule has 0 aliphatic heterocycles. The number of fused-ring (bicyclic) bond motifs is 8. The summed E-state index contributed by atoms with van der Waals surface area (Å²) in [5.74, 6) is 1.82. The normalized spacial score (nSPS) is 11.7. The summed E-state index contributed by atoms with van der Waals surface area (Å²) in [4.78, 5) is 16.2. The van der Waals surface area contributed by atoms with Crippen LogP contribution in [0.2, 0.25) is 0 Å². The maximum atomic E-state index is 5.44. The molecular weight excluding hydrogens is 869 g/mol. The van der Waals surface area contributed by atoms with Crippen molar-refractivity contribution in [2.45, 2.75) is 0 Å². The topological polar surface area (TPSA) is 43.6 Å². The summed E-state index contributed by atoms with van der Waals surface area (Å²) < 4.78 is 5.02. The molecule has 11 aromatic carbocycles. The van der Waals surface area contributed by atoms with Gasteiger partial charge >= 0.3 is 0 Å². The van der Waals surface area contributed by atoms with Crippen LogP contribution in [0.3, 0.4) is 0 Å². The molecule has 5 heteroatoms. The molecule has 0 aliphatic carbocycles. The first-order valence-corrected chi connectivity index (χ1v) is 24.5. The smallest absolute Gasteiger partial charge is 0.164 e. The van der Waals surface area contributed by atoms with Gasteiger partial charge in [-0.2, -0.15) is 0 Å². The highest BCUT2D eigenvalue weighted by molar-refractivity contribution is 7.25. The molecule has 4 nitrogen and oxygen atoms in total. The lowest BCUT2D eigenvalue weighted by Crippen LogP contribution is -2.03. The van der Waals surface area contributed by atoms with E-state index in [0.29, 0.717) is 17.5 Å². The van der Waals surface area contributed by atoms with Gasteiger partial charge in [-0.25, -0.2) is 15.0 Å². The number of nitrogens with zero attached hydrogens (tertiary/aromatic N) is 4. The Morgan fingerprint density at radius 3 is 1.31 bits per heavy atom. The molecule has 0 saturated carbocycles. The van der Waals surface area contributed by atoms with Gasteiger partial charge in [-0.15, -0.1) is 11.3 Å². The fourth-order valence-corrected chi connectivity index (χ4v) is 11.6. The van der Waals surface area contributed by atoms with Crippen LogP contribution in [0.5, 0.6) is 0 Å². The minimum absolute atomic E-state index is 0.597. The Morgan fingerprint density at radius 1 is 0.271 bits per heavy atom. The zero-order valence-electron chi connectivity index (χ0n) is 37.8. The van der Waals surface area contributed by atoms with Gasteiger partial charge in [-0.3, -0.25) is 0 Å². The van der Waals surface area contributed by atoms with E-state index < -0.39 is 0 Å². The van der Waals surface area contributed by atoms with E-state index in [4.69, 9.17) is 15.0 Å². The van der Waals surface area contributed by atoms with Gasteiger partial charge in [0.15, 0.2) is 17.5 Å². The van der Waals surface area contributed by atoms with Crippen LogP contribution in [0.4, 0.5) is 0 Å². The van der Waals surface area contributed by atoms with Crippen molar-refractivity contribution in [1.82, 2.24) is 19.5 Å². The highest BCUT2D eigenvalue weighted by Crippen LogP contribution is 2.44. The Labute approximate surface area is 408 Å².